The van der Waals surface area contributed by atoms with E-state index in [0.717, 1.165) is 17.0 Å². The van der Waals surface area contributed by atoms with E-state index in [-0.39, 0.29) is 11.6 Å². The van der Waals surface area contributed by atoms with E-state index in [1.54, 1.807) is 11.6 Å². The van der Waals surface area contributed by atoms with Crippen LogP contribution in [0.3, 0.4) is 0 Å². The van der Waals surface area contributed by atoms with Crippen molar-refractivity contribution in [3.8, 4) is 5.75 Å². The molecule has 0 spiro atoms. The van der Waals surface area contributed by atoms with Gasteiger partial charge in [-0.25, -0.2) is 9.37 Å². The molecule has 0 atom stereocenters. The lowest BCUT2D eigenvalue weighted by atomic mass is 10.1. The van der Waals surface area contributed by atoms with Gasteiger partial charge in [0.05, 0.1) is 11.2 Å². The van der Waals surface area contributed by atoms with Gasteiger partial charge in [-0.3, -0.25) is 4.79 Å². The SMILES string of the molecule is O=C(/C=C/c1ccc(OCc2cscn2)cc1)c1ccc(F)cc1. The summed E-state index contributed by atoms with van der Waals surface area (Å²) in [4.78, 5) is 16.1. The van der Waals surface area contributed by atoms with Gasteiger partial charge >= 0.3 is 0 Å². The number of hydrogen-bond acceptors (Lipinski definition) is 4. The quantitative estimate of drug-likeness (QED) is 0.480. The molecule has 0 saturated carbocycles. The average Bonchev–Trinajstić information content (AvgIpc) is 3.13. The number of carbonyl (C=O) groups excluding carboxylic acids is 1. The van der Waals surface area contributed by atoms with Crippen molar-refractivity contribution in [2.24, 2.45) is 0 Å². The first kappa shape index (κ1) is 16.1. The Morgan fingerprint density at radius 3 is 2.54 bits per heavy atom. The molecule has 0 amide bonds. The molecule has 0 aliphatic carbocycles. The summed E-state index contributed by atoms with van der Waals surface area (Å²) >= 11 is 1.53. The van der Waals surface area contributed by atoms with E-state index in [4.69, 9.17) is 4.74 Å². The highest BCUT2D eigenvalue weighted by atomic mass is 32.1. The predicted molar refractivity (Wildman–Crippen MR) is 92.7 cm³/mol. The van der Waals surface area contributed by atoms with Crippen molar-refractivity contribution in [2.75, 3.05) is 0 Å². The minimum atomic E-state index is -0.358. The van der Waals surface area contributed by atoms with E-state index in [9.17, 15) is 9.18 Å². The van der Waals surface area contributed by atoms with Gasteiger partial charge in [-0.2, -0.15) is 0 Å². The molecule has 0 fully saturated rings. The Labute approximate surface area is 143 Å². The second-order valence-corrected chi connectivity index (χ2v) is 5.76. The molecule has 0 unspecified atom stereocenters. The molecule has 0 bridgehead atoms. The van der Waals surface area contributed by atoms with Gasteiger partial charge in [0.1, 0.15) is 18.2 Å². The van der Waals surface area contributed by atoms with E-state index >= 15 is 0 Å². The van der Waals surface area contributed by atoms with Crippen molar-refractivity contribution in [3.63, 3.8) is 0 Å². The molecule has 3 aromatic rings. The molecule has 0 aliphatic rings. The van der Waals surface area contributed by atoms with Crippen LogP contribution in [0.5, 0.6) is 5.75 Å². The molecule has 24 heavy (non-hydrogen) atoms. The van der Waals surface area contributed by atoms with Crippen LogP contribution in [-0.2, 0) is 6.61 Å². The van der Waals surface area contributed by atoms with Crippen molar-refractivity contribution < 1.29 is 13.9 Å². The fourth-order valence-electron chi connectivity index (χ4n) is 2.02. The third kappa shape index (κ3) is 4.36. The first-order valence-electron chi connectivity index (χ1n) is 7.28. The minimum absolute atomic E-state index is 0.168. The number of thiazole rings is 1. The first-order chi connectivity index (χ1) is 11.7. The maximum atomic E-state index is 12.8. The van der Waals surface area contributed by atoms with E-state index in [0.29, 0.717) is 12.2 Å². The van der Waals surface area contributed by atoms with Crippen LogP contribution in [0.15, 0.2) is 65.5 Å². The molecule has 1 heterocycles. The van der Waals surface area contributed by atoms with Crippen LogP contribution >= 0.6 is 11.3 Å². The number of ether oxygens (including phenoxy) is 1. The molecule has 3 rings (SSSR count). The lowest BCUT2D eigenvalue weighted by Gasteiger charge is -2.04. The number of nitrogens with zero attached hydrogens (tertiary/aromatic N) is 1. The Balaban J connectivity index is 1.59. The van der Waals surface area contributed by atoms with Crippen molar-refractivity contribution in [1.29, 1.82) is 0 Å². The zero-order chi connectivity index (χ0) is 16.8. The standard InChI is InChI=1S/C19H14FNO2S/c20-16-6-4-15(5-7-16)19(22)10-3-14-1-8-18(9-2-14)23-11-17-12-24-13-21-17/h1-10,12-13H,11H2/b10-3+. The number of benzene rings is 2. The first-order valence-corrected chi connectivity index (χ1v) is 8.23. The normalized spacial score (nSPS) is 10.9. The third-order valence-corrected chi connectivity index (χ3v) is 3.94. The highest BCUT2D eigenvalue weighted by molar-refractivity contribution is 7.07. The zero-order valence-corrected chi connectivity index (χ0v) is 13.5. The molecule has 0 N–H and O–H groups in total. The predicted octanol–water partition coefficient (Wildman–Crippen LogP) is 4.76. The number of rotatable bonds is 6. The smallest absolute Gasteiger partial charge is 0.185 e. The van der Waals surface area contributed by atoms with Gasteiger partial charge in [-0.15, -0.1) is 11.3 Å². The van der Waals surface area contributed by atoms with Crippen molar-refractivity contribution in [1.82, 2.24) is 4.98 Å². The number of halogens is 1. The van der Waals surface area contributed by atoms with Gasteiger partial charge in [-0.1, -0.05) is 18.2 Å². The number of ketones is 1. The number of carbonyl (C=O) groups is 1. The van der Waals surface area contributed by atoms with Crippen LogP contribution in [0.25, 0.3) is 6.08 Å². The maximum Gasteiger partial charge on any atom is 0.185 e. The van der Waals surface area contributed by atoms with Gasteiger partial charge in [0.25, 0.3) is 0 Å². The summed E-state index contributed by atoms with van der Waals surface area (Å²) in [7, 11) is 0. The van der Waals surface area contributed by atoms with Crippen LogP contribution in [0, 0.1) is 5.82 Å². The topological polar surface area (TPSA) is 39.2 Å². The molecule has 120 valence electrons. The summed E-state index contributed by atoms with van der Waals surface area (Å²) in [5.74, 6) is 0.215. The van der Waals surface area contributed by atoms with Crippen LogP contribution in [-0.4, -0.2) is 10.8 Å². The molecule has 0 saturated heterocycles. The van der Waals surface area contributed by atoms with Gasteiger partial charge in [0.15, 0.2) is 5.78 Å². The Bertz CT molecular complexity index is 825. The van der Waals surface area contributed by atoms with Gasteiger partial charge in [-0.05, 0) is 48.0 Å². The van der Waals surface area contributed by atoms with Gasteiger partial charge < -0.3 is 4.74 Å². The Morgan fingerprint density at radius 1 is 1.12 bits per heavy atom. The summed E-state index contributed by atoms with van der Waals surface area (Å²) in [5.41, 5.74) is 4.00. The Kier molecular flexibility index (Phi) is 5.13. The molecule has 2 aromatic carbocycles. The summed E-state index contributed by atoms with van der Waals surface area (Å²) in [6.07, 6.45) is 3.19. The largest absolute Gasteiger partial charge is 0.487 e. The lowest BCUT2D eigenvalue weighted by Crippen LogP contribution is -1.95. The Morgan fingerprint density at radius 2 is 1.88 bits per heavy atom. The second kappa shape index (κ2) is 7.66. The van der Waals surface area contributed by atoms with E-state index in [1.807, 2.05) is 29.6 Å². The second-order valence-electron chi connectivity index (χ2n) is 5.04. The van der Waals surface area contributed by atoms with Crippen LogP contribution in [0.1, 0.15) is 21.6 Å². The molecular weight excluding hydrogens is 325 g/mol. The highest BCUT2D eigenvalue weighted by Crippen LogP contribution is 2.15. The molecular formula is C19H14FNO2S. The van der Waals surface area contributed by atoms with Crippen molar-refractivity contribution >= 4 is 23.2 Å². The van der Waals surface area contributed by atoms with Crippen molar-refractivity contribution in [3.05, 3.63) is 88.1 Å². The monoisotopic (exact) mass is 339 g/mol. The average molecular weight is 339 g/mol. The van der Waals surface area contributed by atoms with Gasteiger partial charge in [0, 0.05) is 10.9 Å². The summed E-state index contributed by atoms with van der Waals surface area (Å²) < 4.78 is 18.5. The lowest BCUT2D eigenvalue weighted by molar-refractivity contribution is 0.104. The molecule has 0 aliphatic heterocycles. The van der Waals surface area contributed by atoms with Crippen LogP contribution in [0.4, 0.5) is 4.39 Å². The van der Waals surface area contributed by atoms with Gasteiger partial charge in [0.2, 0.25) is 0 Å². The fourth-order valence-corrected chi connectivity index (χ4v) is 2.57. The van der Waals surface area contributed by atoms with E-state index in [1.165, 1.54) is 41.7 Å². The molecule has 0 radical (unpaired) electrons. The highest BCUT2D eigenvalue weighted by Gasteiger charge is 2.02. The van der Waals surface area contributed by atoms with E-state index in [2.05, 4.69) is 4.98 Å². The van der Waals surface area contributed by atoms with E-state index < -0.39 is 0 Å². The summed E-state index contributed by atoms with van der Waals surface area (Å²) in [6, 6.07) is 12.9. The zero-order valence-electron chi connectivity index (χ0n) is 12.7. The number of allylic oxidation sites excluding steroid dienone is 1. The molecule has 5 heteroatoms. The fraction of sp³-hybridized carbons (Fsp3) is 0.0526. The van der Waals surface area contributed by atoms with Crippen LogP contribution in [0.2, 0.25) is 0 Å². The summed E-state index contributed by atoms with van der Waals surface area (Å²) in [6.45, 7) is 0.432. The molecule has 3 nitrogen and oxygen atoms in total. The number of aromatic nitrogens is 1. The maximum absolute atomic E-state index is 12.8. The Hall–Kier alpha value is -2.79. The number of hydrogen-bond donors (Lipinski definition) is 0. The van der Waals surface area contributed by atoms with Crippen molar-refractivity contribution in [2.45, 2.75) is 6.61 Å². The molecule has 1 aromatic heterocycles. The summed E-state index contributed by atoms with van der Waals surface area (Å²) in [5, 5.41) is 1.94. The minimum Gasteiger partial charge on any atom is -0.487 e. The van der Waals surface area contributed by atoms with Crippen LogP contribution < -0.4 is 4.74 Å². The third-order valence-electron chi connectivity index (χ3n) is 3.31.